The van der Waals surface area contributed by atoms with Crippen LogP contribution in [0.2, 0.25) is 0 Å². The lowest BCUT2D eigenvalue weighted by atomic mass is 10.0. The minimum absolute atomic E-state index is 0.100. The molecule has 0 amide bonds. The van der Waals surface area contributed by atoms with Gasteiger partial charge in [0.15, 0.2) is 5.78 Å². The van der Waals surface area contributed by atoms with E-state index >= 15 is 0 Å². The van der Waals surface area contributed by atoms with E-state index in [4.69, 9.17) is 0 Å². The van der Waals surface area contributed by atoms with Crippen molar-refractivity contribution in [1.29, 1.82) is 0 Å². The molecule has 1 aliphatic rings. The lowest BCUT2D eigenvalue weighted by Gasteiger charge is -2.29. The molecule has 0 aromatic heterocycles. The fraction of sp³-hybridized carbons (Fsp3) is 0.429. The van der Waals surface area contributed by atoms with Crippen LogP contribution in [0.25, 0.3) is 0 Å². The van der Waals surface area contributed by atoms with E-state index in [1.165, 1.54) is 35.5 Å². The van der Waals surface area contributed by atoms with Crippen molar-refractivity contribution in [3.05, 3.63) is 29.8 Å². The molecule has 1 aromatic rings. The van der Waals surface area contributed by atoms with E-state index in [1.807, 2.05) is 0 Å². The average Bonchev–Trinajstić information content (AvgIpc) is 2.41. The third kappa shape index (κ3) is 2.81. The fourth-order valence-electron chi connectivity index (χ4n) is 2.21. The maximum Gasteiger partial charge on any atom is 0.243 e. The number of benzene rings is 1. The van der Waals surface area contributed by atoms with Crippen molar-refractivity contribution in [3.63, 3.8) is 0 Å². The van der Waals surface area contributed by atoms with Crippen LogP contribution in [-0.2, 0) is 14.8 Å². The number of rotatable bonds is 3. The number of ketones is 2. The number of nitrogens with zero attached hydrogens (tertiary/aromatic N) is 1. The van der Waals surface area contributed by atoms with E-state index in [-0.39, 0.29) is 41.9 Å². The zero-order chi connectivity index (χ0) is 14.9. The number of Topliss-reactive ketones (excluding diaryl/α,β-unsaturated/α-hetero) is 2. The third-order valence-electron chi connectivity index (χ3n) is 3.53. The smallest absolute Gasteiger partial charge is 0.243 e. The molecule has 6 heteroatoms. The predicted molar refractivity (Wildman–Crippen MR) is 74.0 cm³/mol. The van der Waals surface area contributed by atoms with Gasteiger partial charge in [0.25, 0.3) is 0 Å². The van der Waals surface area contributed by atoms with Gasteiger partial charge in [-0.25, -0.2) is 8.42 Å². The maximum absolute atomic E-state index is 12.5. The topological polar surface area (TPSA) is 71.5 Å². The summed E-state index contributed by atoms with van der Waals surface area (Å²) in [5, 5.41) is 0. The molecular weight excluding hydrogens is 278 g/mol. The second-order valence-electron chi connectivity index (χ2n) is 5.06. The fourth-order valence-corrected chi connectivity index (χ4v) is 3.74. The van der Waals surface area contributed by atoms with Crippen molar-refractivity contribution < 1.29 is 18.0 Å². The van der Waals surface area contributed by atoms with Gasteiger partial charge in [0.05, 0.1) is 4.90 Å². The first-order valence-electron chi connectivity index (χ1n) is 6.46. The van der Waals surface area contributed by atoms with Crippen LogP contribution in [0.15, 0.2) is 29.2 Å². The Morgan fingerprint density at radius 1 is 1.25 bits per heavy atom. The number of sulfonamides is 1. The summed E-state index contributed by atoms with van der Waals surface area (Å²) < 4.78 is 26.2. The average molecular weight is 295 g/mol. The highest BCUT2D eigenvalue weighted by Gasteiger charge is 2.32. The van der Waals surface area contributed by atoms with Crippen LogP contribution in [0.5, 0.6) is 0 Å². The zero-order valence-corrected chi connectivity index (χ0v) is 12.3. The zero-order valence-electron chi connectivity index (χ0n) is 11.5. The highest BCUT2D eigenvalue weighted by molar-refractivity contribution is 7.89. The quantitative estimate of drug-likeness (QED) is 0.792. The molecule has 0 N–H and O–H groups in total. The van der Waals surface area contributed by atoms with E-state index in [9.17, 15) is 18.0 Å². The maximum atomic E-state index is 12.5. The van der Waals surface area contributed by atoms with Crippen molar-refractivity contribution in [2.75, 3.05) is 13.1 Å². The molecular formula is C14H17NO4S. The van der Waals surface area contributed by atoms with Crippen LogP contribution >= 0.6 is 0 Å². The van der Waals surface area contributed by atoms with Gasteiger partial charge in [-0.05, 0) is 19.1 Å². The van der Waals surface area contributed by atoms with Gasteiger partial charge in [-0.3, -0.25) is 9.59 Å². The Morgan fingerprint density at radius 3 is 2.35 bits per heavy atom. The number of hydrogen-bond donors (Lipinski definition) is 0. The summed E-state index contributed by atoms with van der Waals surface area (Å²) in [4.78, 5) is 22.8. The van der Waals surface area contributed by atoms with Crippen molar-refractivity contribution in [3.8, 4) is 0 Å². The molecule has 0 bridgehead atoms. The van der Waals surface area contributed by atoms with E-state index in [0.29, 0.717) is 5.56 Å². The van der Waals surface area contributed by atoms with Gasteiger partial charge < -0.3 is 0 Å². The van der Waals surface area contributed by atoms with E-state index in [0.717, 1.165) is 0 Å². The highest BCUT2D eigenvalue weighted by Crippen LogP contribution is 2.22. The highest BCUT2D eigenvalue weighted by atomic mass is 32.2. The van der Waals surface area contributed by atoms with Gasteiger partial charge >= 0.3 is 0 Å². The van der Waals surface area contributed by atoms with Crippen LogP contribution in [0.4, 0.5) is 0 Å². The molecule has 0 spiro atoms. The summed E-state index contributed by atoms with van der Waals surface area (Å²) in [6, 6.07) is 5.89. The van der Waals surface area contributed by atoms with Gasteiger partial charge in [-0.15, -0.1) is 0 Å². The van der Waals surface area contributed by atoms with Crippen LogP contribution < -0.4 is 0 Å². The summed E-state index contributed by atoms with van der Waals surface area (Å²) >= 11 is 0. The van der Waals surface area contributed by atoms with Crippen molar-refractivity contribution in [1.82, 2.24) is 4.31 Å². The monoisotopic (exact) mass is 295 g/mol. The third-order valence-corrected chi connectivity index (χ3v) is 5.41. The number of carbonyl (C=O) groups excluding carboxylic acids is 2. The second-order valence-corrected chi connectivity index (χ2v) is 7.00. The Hall–Kier alpha value is -1.53. The molecule has 0 saturated carbocycles. The molecule has 108 valence electrons. The van der Waals surface area contributed by atoms with Crippen LogP contribution in [0, 0.1) is 5.92 Å². The van der Waals surface area contributed by atoms with Crippen LogP contribution in [-0.4, -0.2) is 37.4 Å². The minimum atomic E-state index is -3.59. The van der Waals surface area contributed by atoms with Gasteiger partial charge in [-0.1, -0.05) is 19.1 Å². The SMILES string of the molecule is CC(=O)c1ccc(S(=O)(=O)N2CCC(=O)C(C)C2)cc1. The molecule has 1 heterocycles. The van der Waals surface area contributed by atoms with Gasteiger partial charge in [0, 0.05) is 31.0 Å². The molecule has 1 aromatic carbocycles. The molecule has 1 unspecified atom stereocenters. The molecule has 5 nitrogen and oxygen atoms in total. The summed E-state index contributed by atoms with van der Waals surface area (Å²) in [6.45, 7) is 3.61. The first kappa shape index (κ1) is 14.9. The van der Waals surface area contributed by atoms with Crippen molar-refractivity contribution in [2.45, 2.75) is 25.2 Å². The van der Waals surface area contributed by atoms with Gasteiger partial charge in [-0.2, -0.15) is 4.31 Å². The molecule has 1 atom stereocenters. The molecule has 0 radical (unpaired) electrons. The molecule has 20 heavy (non-hydrogen) atoms. The normalized spacial score (nSPS) is 20.9. The summed E-state index contributed by atoms with van der Waals surface area (Å²) in [5.41, 5.74) is 0.478. The van der Waals surface area contributed by atoms with Crippen LogP contribution in [0.3, 0.4) is 0 Å². The minimum Gasteiger partial charge on any atom is -0.299 e. The van der Waals surface area contributed by atoms with Crippen molar-refractivity contribution >= 4 is 21.6 Å². The lowest BCUT2D eigenvalue weighted by Crippen LogP contribution is -2.43. The largest absolute Gasteiger partial charge is 0.299 e. The van der Waals surface area contributed by atoms with E-state index in [1.54, 1.807) is 6.92 Å². The number of piperidine rings is 1. The van der Waals surface area contributed by atoms with E-state index in [2.05, 4.69) is 0 Å². The molecule has 1 saturated heterocycles. The molecule has 2 rings (SSSR count). The van der Waals surface area contributed by atoms with E-state index < -0.39 is 10.0 Å². The molecule has 1 aliphatic heterocycles. The standard InChI is InChI=1S/C14H17NO4S/c1-10-9-15(8-7-14(10)17)20(18,19)13-5-3-12(4-6-13)11(2)16/h3-6,10H,7-9H2,1-2H3. The Kier molecular flexibility index (Phi) is 4.06. The Morgan fingerprint density at radius 2 is 1.85 bits per heavy atom. The Bertz CT molecular complexity index is 634. The second kappa shape index (κ2) is 5.46. The first-order valence-corrected chi connectivity index (χ1v) is 7.90. The van der Waals surface area contributed by atoms with Crippen molar-refractivity contribution in [2.24, 2.45) is 5.92 Å². The summed E-state index contributed by atoms with van der Waals surface area (Å²) in [6.07, 6.45) is 0.256. The molecule has 1 fully saturated rings. The first-order chi connectivity index (χ1) is 9.32. The Balaban J connectivity index is 2.26. The summed E-state index contributed by atoms with van der Waals surface area (Å²) in [7, 11) is -3.59. The lowest BCUT2D eigenvalue weighted by molar-refractivity contribution is -0.124. The predicted octanol–water partition coefficient (Wildman–Crippen LogP) is 1.49. The van der Waals surface area contributed by atoms with Gasteiger partial charge in [0.2, 0.25) is 10.0 Å². The molecule has 0 aliphatic carbocycles. The van der Waals surface area contributed by atoms with Crippen LogP contribution in [0.1, 0.15) is 30.6 Å². The number of hydrogen-bond acceptors (Lipinski definition) is 4. The Labute approximate surface area is 118 Å². The summed E-state index contributed by atoms with van der Waals surface area (Å²) in [5.74, 6) is -0.274. The number of carbonyl (C=O) groups is 2. The van der Waals surface area contributed by atoms with Gasteiger partial charge in [0.1, 0.15) is 5.78 Å².